The zero-order chi connectivity index (χ0) is 12.1. The van der Waals surface area contributed by atoms with E-state index in [0.717, 1.165) is 17.1 Å². The molecule has 0 unspecified atom stereocenters. The summed E-state index contributed by atoms with van der Waals surface area (Å²) in [5, 5.41) is 16.6. The normalized spacial score (nSPS) is 9.59. The Morgan fingerprint density at radius 1 is 1.41 bits per heavy atom. The van der Waals surface area contributed by atoms with Gasteiger partial charge in [0.2, 0.25) is 0 Å². The van der Waals surface area contributed by atoms with Gasteiger partial charge in [-0.3, -0.25) is 4.79 Å². The van der Waals surface area contributed by atoms with Crippen molar-refractivity contribution in [1.29, 1.82) is 5.26 Å². The van der Waals surface area contributed by atoms with E-state index >= 15 is 0 Å². The van der Waals surface area contributed by atoms with E-state index < -0.39 is 0 Å². The molecule has 84 valence electrons. The average molecular weight is 244 g/mol. The van der Waals surface area contributed by atoms with E-state index in [0.29, 0.717) is 17.8 Å². The molecule has 0 spiro atoms. The number of rotatable bonds is 3. The first-order valence-corrected chi connectivity index (χ1v) is 5.67. The van der Waals surface area contributed by atoms with Crippen LogP contribution in [0.2, 0.25) is 0 Å². The number of carbonyl (C=O) groups is 1. The van der Waals surface area contributed by atoms with Crippen LogP contribution in [0.25, 0.3) is 0 Å². The van der Waals surface area contributed by atoms with Crippen LogP contribution >= 0.6 is 11.5 Å². The number of carbonyl (C=O) groups excluding carboxylic acids is 1. The Balaban J connectivity index is 1.94. The standard InChI is InChI=1S/C11H8N4OS/c12-5-8-1-3-9(4-2-8)6-13-11(16)10-7-17-15-14-10/h1-4,7H,6H2,(H,13,16). The van der Waals surface area contributed by atoms with E-state index in [1.165, 1.54) is 0 Å². The van der Waals surface area contributed by atoms with Gasteiger partial charge in [0.15, 0.2) is 5.69 Å². The fraction of sp³-hybridized carbons (Fsp3) is 0.0909. The number of hydrogen-bond donors (Lipinski definition) is 1. The van der Waals surface area contributed by atoms with Crippen LogP contribution in [0.3, 0.4) is 0 Å². The van der Waals surface area contributed by atoms with Crippen molar-refractivity contribution in [3.05, 3.63) is 46.5 Å². The highest BCUT2D eigenvalue weighted by Crippen LogP contribution is 2.03. The highest BCUT2D eigenvalue weighted by molar-refractivity contribution is 7.03. The molecule has 5 nitrogen and oxygen atoms in total. The predicted molar refractivity (Wildman–Crippen MR) is 62.2 cm³/mol. The van der Waals surface area contributed by atoms with E-state index in [-0.39, 0.29) is 5.91 Å². The lowest BCUT2D eigenvalue weighted by molar-refractivity contribution is 0.0946. The van der Waals surface area contributed by atoms with Crippen LogP contribution in [-0.4, -0.2) is 15.5 Å². The molecule has 1 amide bonds. The second kappa shape index (κ2) is 5.18. The van der Waals surface area contributed by atoms with Gasteiger partial charge >= 0.3 is 0 Å². The molecule has 0 aliphatic rings. The summed E-state index contributed by atoms with van der Waals surface area (Å²) < 4.78 is 3.62. The zero-order valence-corrected chi connectivity index (χ0v) is 9.57. The first-order chi connectivity index (χ1) is 8.29. The molecule has 0 bridgehead atoms. The molecule has 6 heteroatoms. The Morgan fingerprint density at radius 3 is 2.76 bits per heavy atom. The quantitative estimate of drug-likeness (QED) is 0.883. The third-order valence-electron chi connectivity index (χ3n) is 2.13. The van der Waals surface area contributed by atoms with Crippen molar-refractivity contribution < 1.29 is 4.79 Å². The first kappa shape index (κ1) is 11.2. The smallest absolute Gasteiger partial charge is 0.273 e. The van der Waals surface area contributed by atoms with Gasteiger partial charge in [-0.05, 0) is 29.2 Å². The monoisotopic (exact) mass is 244 g/mol. The van der Waals surface area contributed by atoms with Crippen LogP contribution in [0.15, 0.2) is 29.6 Å². The van der Waals surface area contributed by atoms with Gasteiger partial charge in [-0.1, -0.05) is 16.6 Å². The summed E-state index contributed by atoms with van der Waals surface area (Å²) in [7, 11) is 0. The van der Waals surface area contributed by atoms with E-state index in [1.807, 2.05) is 6.07 Å². The maximum atomic E-state index is 11.5. The Hall–Kier alpha value is -2.26. The van der Waals surface area contributed by atoms with Gasteiger partial charge < -0.3 is 5.32 Å². The summed E-state index contributed by atoms with van der Waals surface area (Å²) in [5.74, 6) is -0.247. The third kappa shape index (κ3) is 2.86. The fourth-order valence-electron chi connectivity index (χ4n) is 1.23. The van der Waals surface area contributed by atoms with Crippen molar-refractivity contribution in [3.63, 3.8) is 0 Å². The number of benzene rings is 1. The molecule has 1 N–H and O–H groups in total. The van der Waals surface area contributed by atoms with Crippen molar-refractivity contribution in [1.82, 2.24) is 14.9 Å². The third-order valence-corrected chi connectivity index (χ3v) is 2.63. The number of hydrogen-bond acceptors (Lipinski definition) is 5. The number of amides is 1. The van der Waals surface area contributed by atoms with Crippen LogP contribution in [0.5, 0.6) is 0 Å². The average Bonchev–Trinajstić information content (AvgIpc) is 2.90. The molecule has 17 heavy (non-hydrogen) atoms. The van der Waals surface area contributed by atoms with Crippen LogP contribution in [0.4, 0.5) is 0 Å². The van der Waals surface area contributed by atoms with E-state index in [2.05, 4.69) is 14.9 Å². The Kier molecular flexibility index (Phi) is 3.43. The molecule has 0 aliphatic carbocycles. The minimum Gasteiger partial charge on any atom is -0.347 e. The van der Waals surface area contributed by atoms with Gasteiger partial charge in [-0.25, -0.2) is 0 Å². The molecule has 0 saturated heterocycles. The molecule has 2 aromatic rings. The van der Waals surface area contributed by atoms with E-state index in [9.17, 15) is 4.79 Å². The van der Waals surface area contributed by atoms with Gasteiger partial charge in [-0.2, -0.15) is 5.26 Å². The van der Waals surface area contributed by atoms with Gasteiger partial charge in [0.05, 0.1) is 11.6 Å². The molecule has 0 radical (unpaired) electrons. The van der Waals surface area contributed by atoms with Crippen molar-refractivity contribution in [2.45, 2.75) is 6.54 Å². The number of nitriles is 1. The topological polar surface area (TPSA) is 78.7 Å². The molecule has 1 aromatic heterocycles. The SMILES string of the molecule is N#Cc1ccc(CNC(=O)c2csnn2)cc1. The lowest BCUT2D eigenvalue weighted by atomic mass is 10.1. The van der Waals surface area contributed by atoms with Crippen LogP contribution in [0.1, 0.15) is 21.6 Å². The molecular formula is C11H8N4OS. The molecular weight excluding hydrogens is 236 g/mol. The number of aromatic nitrogens is 2. The van der Waals surface area contributed by atoms with Gasteiger partial charge in [0, 0.05) is 11.9 Å². The highest BCUT2D eigenvalue weighted by Gasteiger charge is 2.07. The minimum atomic E-state index is -0.247. The summed E-state index contributed by atoms with van der Waals surface area (Å²) in [6.07, 6.45) is 0. The molecule has 2 rings (SSSR count). The molecule has 0 aliphatic heterocycles. The predicted octanol–water partition coefficient (Wildman–Crippen LogP) is 1.34. The van der Waals surface area contributed by atoms with Crippen LogP contribution in [0, 0.1) is 11.3 Å². The second-order valence-electron chi connectivity index (χ2n) is 3.28. The maximum Gasteiger partial charge on any atom is 0.273 e. The van der Waals surface area contributed by atoms with Gasteiger partial charge in [0.1, 0.15) is 0 Å². The van der Waals surface area contributed by atoms with Gasteiger partial charge in [-0.15, -0.1) is 5.10 Å². The van der Waals surface area contributed by atoms with Crippen LogP contribution < -0.4 is 5.32 Å². The molecule has 1 aromatic carbocycles. The van der Waals surface area contributed by atoms with E-state index in [1.54, 1.807) is 29.6 Å². The summed E-state index contributed by atoms with van der Waals surface area (Å²) in [5.41, 5.74) is 1.85. The van der Waals surface area contributed by atoms with Gasteiger partial charge in [0.25, 0.3) is 5.91 Å². The van der Waals surface area contributed by atoms with Crippen molar-refractivity contribution in [2.75, 3.05) is 0 Å². The van der Waals surface area contributed by atoms with E-state index in [4.69, 9.17) is 5.26 Å². The lowest BCUT2D eigenvalue weighted by Crippen LogP contribution is -2.23. The Morgan fingerprint density at radius 2 is 2.18 bits per heavy atom. The Bertz CT molecular complexity index is 542. The van der Waals surface area contributed by atoms with Crippen LogP contribution in [-0.2, 0) is 6.54 Å². The van der Waals surface area contributed by atoms with Crippen molar-refractivity contribution >= 4 is 17.4 Å². The summed E-state index contributed by atoms with van der Waals surface area (Å²) in [6, 6.07) is 9.07. The summed E-state index contributed by atoms with van der Waals surface area (Å²) >= 11 is 1.14. The Labute approximate surface area is 102 Å². The number of nitrogens with one attached hydrogen (secondary N) is 1. The highest BCUT2D eigenvalue weighted by atomic mass is 32.1. The fourth-order valence-corrected chi connectivity index (χ4v) is 1.67. The minimum absolute atomic E-state index is 0.247. The zero-order valence-electron chi connectivity index (χ0n) is 8.75. The summed E-state index contributed by atoms with van der Waals surface area (Å²) in [6.45, 7) is 0.405. The molecule has 0 saturated carbocycles. The number of nitrogens with zero attached hydrogens (tertiary/aromatic N) is 3. The first-order valence-electron chi connectivity index (χ1n) is 4.84. The molecule has 0 atom stereocenters. The maximum absolute atomic E-state index is 11.5. The second-order valence-corrected chi connectivity index (χ2v) is 3.89. The largest absolute Gasteiger partial charge is 0.347 e. The lowest BCUT2D eigenvalue weighted by Gasteiger charge is -2.02. The van der Waals surface area contributed by atoms with Crippen molar-refractivity contribution in [2.24, 2.45) is 0 Å². The molecule has 0 fully saturated rings. The molecule has 1 heterocycles. The summed E-state index contributed by atoms with van der Waals surface area (Å²) in [4.78, 5) is 11.5. The van der Waals surface area contributed by atoms with Crippen molar-refractivity contribution in [3.8, 4) is 6.07 Å².